The standard InChI is InChI=1S/C14H28N2O.ClH/c1-4-16(12(2)3)13(17)10-14(11-15)8-6-5-7-9-14;/h12H,4-11,15H2,1-3H3;1H. The van der Waals surface area contributed by atoms with Crippen LogP contribution in [-0.4, -0.2) is 29.9 Å². The molecule has 0 bridgehead atoms. The Morgan fingerprint density at radius 3 is 2.22 bits per heavy atom. The number of nitrogens with zero attached hydrogens (tertiary/aromatic N) is 1. The third-order valence-electron chi connectivity index (χ3n) is 4.16. The zero-order valence-electron chi connectivity index (χ0n) is 12.1. The van der Waals surface area contributed by atoms with Gasteiger partial charge in [0.05, 0.1) is 0 Å². The molecule has 1 amide bonds. The molecular formula is C14H29ClN2O. The molecule has 108 valence electrons. The predicted octanol–water partition coefficient (Wildman–Crippen LogP) is 2.96. The second-order valence-corrected chi connectivity index (χ2v) is 5.72. The Kier molecular flexibility index (Phi) is 7.88. The molecule has 4 heteroatoms. The first-order valence-corrected chi connectivity index (χ1v) is 7.04. The molecule has 1 aliphatic rings. The Balaban J connectivity index is 0.00000289. The average molecular weight is 277 g/mol. The van der Waals surface area contributed by atoms with Crippen molar-refractivity contribution in [1.29, 1.82) is 0 Å². The smallest absolute Gasteiger partial charge is 0.223 e. The molecule has 0 radical (unpaired) electrons. The first-order chi connectivity index (χ1) is 8.04. The van der Waals surface area contributed by atoms with Gasteiger partial charge >= 0.3 is 0 Å². The van der Waals surface area contributed by atoms with Crippen LogP contribution >= 0.6 is 12.4 Å². The maximum absolute atomic E-state index is 12.3. The van der Waals surface area contributed by atoms with Crippen molar-refractivity contribution in [2.75, 3.05) is 13.1 Å². The zero-order valence-corrected chi connectivity index (χ0v) is 12.9. The van der Waals surface area contributed by atoms with Gasteiger partial charge in [0.25, 0.3) is 0 Å². The monoisotopic (exact) mass is 276 g/mol. The highest BCUT2D eigenvalue weighted by atomic mass is 35.5. The third kappa shape index (κ3) is 4.43. The van der Waals surface area contributed by atoms with Crippen LogP contribution in [0.25, 0.3) is 0 Å². The molecule has 2 N–H and O–H groups in total. The second-order valence-electron chi connectivity index (χ2n) is 5.72. The number of rotatable bonds is 5. The van der Waals surface area contributed by atoms with Gasteiger partial charge in [0, 0.05) is 19.0 Å². The Labute approximate surface area is 118 Å². The summed E-state index contributed by atoms with van der Waals surface area (Å²) in [5, 5.41) is 0. The van der Waals surface area contributed by atoms with E-state index >= 15 is 0 Å². The summed E-state index contributed by atoms with van der Waals surface area (Å²) in [6.07, 6.45) is 6.68. The fourth-order valence-electron chi connectivity index (χ4n) is 3.01. The Hall–Kier alpha value is -0.280. The normalized spacial score (nSPS) is 18.3. The van der Waals surface area contributed by atoms with Crippen molar-refractivity contribution < 1.29 is 4.79 Å². The van der Waals surface area contributed by atoms with E-state index in [1.807, 2.05) is 11.8 Å². The summed E-state index contributed by atoms with van der Waals surface area (Å²) in [5.74, 6) is 0.287. The van der Waals surface area contributed by atoms with Crippen molar-refractivity contribution >= 4 is 18.3 Å². The number of nitrogens with two attached hydrogens (primary N) is 1. The molecule has 0 unspecified atom stereocenters. The molecule has 0 aromatic heterocycles. The predicted molar refractivity (Wildman–Crippen MR) is 79.0 cm³/mol. The lowest BCUT2D eigenvalue weighted by molar-refractivity contribution is -0.135. The second kappa shape index (κ2) is 8.00. The Morgan fingerprint density at radius 2 is 1.83 bits per heavy atom. The van der Waals surface area contributed by atoms with E-state index in [9.17, 15) is 4.79 Å². The van der Waals surface area contributed by atoms with Gasteiger partial charge in [-0.05, 0) is 45.6 Å². The molecular weight excluding hydrogens is 248 g/mol. The van der Waals surface area contributed by atoms with Gasteiger partial charge in [0.15, 0.2) is 0 Å². The number of hydrogen-bond acceptors (Lipinski definition) is 2. The third-order valence-corrected chi connectivity index (χ3v) is 4.16. The van der Waals surface area contributed by atoms with E-state index < -0.39 is 0 Å². The van der Waals surface area contributed by atoms with Gasteiger partial charge in [-0.25, -0.2) is 0 Å². The summed E-state index contributed by atoms with van der Waals surface area (Å²) in [5.41, 5.74) is 6.03. The first-order valence-electron chi connectivity index (χ1n) is 7.04. The van der Waals surface area contributed by atoms with Crippen LogP contribution in [0.4, 0.5) is 0 Å². The molecule has 0 aliphatic heterocycles. The summed E-state index contributed by atoms with van der Waals surface area (Å²) in [6, 6.07) is 0.297. The molecule has 0 atom stereocenters. The van der Waals surface area contributed by atoms with Gasteiger partial charge in [0.1, 0.15) is 0 Å². The summed E-state index contributed by atoms with van der Waals surface area (Å²) in [6.45, 7) is 7.67. The van der Waals surface area contributed by atoms with E-state index in [2.05, 4.69) is 13.8 Å². The molecule has 1 aliphatic carbocycles. The SMILES string of the molecule is CCN(C(=O)CC1(CN)CCCCC1)C(C)C.Cl. The van der Waals surface area contributed by atoms with Crippen LogP contribution in [-0.2, 0) is 4.79 Å². The molecule has 0 saturated heterocycles. The van der Waals surface area contributed by atoms with Crippen LogP contribution in [0.1, 0.15) is 59.3 Å². The summed E-state index contributed by atoms with van der Waals surface area (Å²) < 4.78 is 0. The zero-order chi connectivity index (χ0) is 12.9. The summed E-state index contributed by atoms with van der Waals surface area (Å²) in [4.78, 5) is 14.3. The molecule has 1 fully saturated rings. The minimum Gasteiger partial charge on any atom is -0.341 e. The topological polar surface area (TPSA) is 46.3 Å². The van der Waals surface area contributed by atoms with Crippen LogP contribution in [0.3, 0.4) is 0 Å². The van der Waals surface area contributed by atoms with Crippen molar-refractivity contribution in [3.05, 3.63) is 0 Å². The highest BCUT2D eigenvalue weighted by Gasteiger charge is 2.34. The Bertz CT molecular complexity index is 250. The van der Waals surface area contributed by atoms with Crippen molar-refractivity contribution in [3.63, 3.8) is 0 Å². The quantitative estimate of drug-likeness (QED) is 0.839. The van der Waals surface area contributed by atoms with Crippen LogP contribution in [0.5, 0.6) is 0 Å². The average Bonchev–Trinajstić information content (AvgIpc) is 2.30. The number of halogens is 1. The molecule has 1 rings (SSSR count). The molecule has 18 heavy (non-hydrogen) atoms. The van der Waals surface area contributed by atoms with Gasteiger partial charge in [-0.15, -0.1) is 12.4 Å². The van der Waals surface area contributed by atoms with Gasteiger partial charge < -0.3 is 10.6 Å². The molecule has 0 heterocycles. The molecule has 3 nitrogen and oxygen atoms in total. The van der Waals surface area contributed by atoms with Crippen molar-refractivity contribution in [3.8, 4) is 0 Å². The van der Waals surface area contributed by atoms with Crippen LogP contribution < -0.4 is 5.73 Å². The van der Waals surface area contributed by atoms with Gasteiger partial charge in [-0.3, -0.25) is 4.79 Å². The molecule has 0 spiro atoms. The van der Waals surface area contributed by atoms with E-state index in [0.717, 1.165) is 19.4 Å². The lowest BCUT2D eigenvalue weighted by atomic mass is 9.71. The first kappa shape index (κ1) is 17.7. The van der Waals surface area contributed by atoms with Crippen LogP contribution in [0.15, 0.2) is 0 Å². The molecule has 0 aromatic carbocycles. The fraction of sp³-hybridized carbons (Fsp3) is 0.929. The van der Waals surface area contributed by atoms with E-state index in [1.54, 1.807) is 0 Å². The van der Waals surface area contributed by atoms with Crippen molar-refractivity contribution in [1.82, 2.24) is 4.90 Å². The lowest BCUT2D eigenvalue weighted by Gasteiger charge is -2.38. The number of hydrogen-bond donors (Lipinski definition) is 1. The minimum atomic E-state index is 0. The maximum Gasteiger partial charge on any atom is 0.223 e. The van der Waals surface area contributed by atoms with Crippen LogP contribution in [0.2, 0.25) is 0 Å². The van der Waals surface area contributed by atoms with Gasteiger partial charge in [-0.1, -0.05) is 19.3 Å². The van der Waals surface area contributed by atoms with E-state index in [1.165, 1.54) is 19.3 Å². The highest BCUT2D eigenvalue weighted by molar-refractivity contribution is 5.85. The number of carbonyl (C=O) groups is 1. The van der Waals surface area contributed by atoms with Crippen molar-refractivity contribution in [2.45, 2.75) is 65.3 Å². The summed E-state index contributed by atoms with van der Waals surface area (Å²) >= 11 is 0. The van der Waals surface area contributed by atoms with E-state index in [0.29, 0.717) is 19.0 Å². The molecule has 1 saturated carbocycles. The molecule has 0 aromatic rings. The Morgan fingerprint density at radius 1 is 1.28 bits per heavy atom. The lowest BCUT2D eigenvalue weighted by Crippen LogP contribution is -2.43. The summed E-state index contributed by atoms with van der Waals surface area (Å²) in [7, 11) is 0. The maximum atomic E-state index is 12.3. The van der Waals surface area contributed by atoms with Gasteiger partial charge in [0.2, 0.25) is 5.91 Å². The van der Waals surface area contributed by atoms with Gasteiger partial charge in [-0.2, -0.15) is 0 Å². The number of amides is 1. The van der Waals surface area contributed by atoms with E-state index in [4.69, 9.17) is 5.73 Å². The van der Waals surface area contributed by atoms with E-state index in [-0.39, 0.29) is 23.7 Å². The largest absolute Gasteiger partial charge is 0.341 e. The fourth-order valence-corrected chi connectivity index (χ4v) is 3.01. The number of carbonyl (C=O) groups excluding carboxylic acids is 1. The highest BCUT2D eigenvalue weighted by Crippen LogP contribution is 2.38. The minimum absolute atomic E-state index is 0. The van der Waals surface area contributed by atoms with Crippen LogP contribution in [0, 0.1) is 5.41 Å². The van der Waals surface area contributed by atoms with Crippen molar-refractivity contribution in [2.24, 2.45) is 11.1 Å².